The van der Waals surface area contributed by atoms with Crippen molar-refractivity contribution < 1.29 is 28.6 Å². The molecule has 1 aromatic rings. The summed E-state index contributed by atoms with van der Waals surface area (Å²) in [4.78, 5) is 22.9. The molecule has 0 aliphatic heterocycles. The molecule has 0 heterocycles. The number of carboxylic acids is 1. The van der Waals surface area contributed by atoms with E-state index in [4.69, 9.17) is 9.47 Å². The second-order valence-electron chi connectivity index (χ2n) is 5.69. The zero-order valence-electron chi connectivity index (χ0n) is 13.5. The van der Waals surface area contributed by atoms with Crippen LogP contribution in [0.3, 0.4) is 0 Å². The Balaban J connectivity index is 2.96. The first-order valence-corrected chi connectivity index (χ1v) is 6.87. The van der Waals surface area contributed by atoms with Crippen LogP contribution in [0.5, 0.6) is 5.75 Å². The molecule has 126 valence electrons. The number of carboxylic acid groups (broad SMARTS) is 1. The number of rotatable bonds is 5. The molecule has 1 amide bonds. The van der Waals surface area contributed by atoms with Crippen LogP contribution < -0.4 is 10.1 Å². The minimum Gasteiger partial charge on any atom is -0.496 e. The second kappa shape index (κ2) is 7.62. The smallest absolute Gasteiger partial charge is 0.407 e. The summed E-state index contributed by atoms with van der Waals surface area (Å²) in [5, 5.41) is 11.5. The Kier molecular flexibility index (Phi) is 6.12. The summed E-state index contributed by atoms with van der Waals surface area (Å²) in [6.45, 7) is 4.74. The average Bonchev–Trinajstić information content (AvgIpc) is 2.42. The predicted octanol–water partition coefficient (Wildman–Crippen LogP) is 2.83. The number of methoxy groups -OCH3 is 1. The summed E-state index contributed by atoms with van der Waals surface area (Å²) >= 11 is 0. The van der Waals surface area contributed by atoms with Gasteiger partial charge in [0.25, 0.3) is 0 Å². The Hall–Kier alpha value is -2.57. The summed E-state index contributed by atoms with van der Waals surface area (Å²) in [6.07, 6.45) is 0.360. The highest BCUT2D eigenvalue weighted by molar-refractivity contribution is 5.93. The number of carbonyl (C=O) groups excluding carboxylic acids is 1. The van der Waals surface area contributed by atoms with Gasteiger partial charge in [-0.05, 0) is 39.0 Å². The zero-order chi connectivity index (χ0) is 17.6. The molecule has 0 radical (unpaired) electrons. The Labute approximate surface area is 133 Å². The van der Waals surface area contributed by atoms with Gasteiger partial charge in [-0.25, -0.2) is 14.0 Å². The molecule has 0 saturated carbocycles. The SMILES string of the molecule is COc1cccc(F)c1C=C(CNC(=O)OC(C)(C)C)C(=O)O. The first-order chi connectivity index (χ1) is 10.6. The van der Waals surface area contributed by atoms with Crippen molar-refractivity contribution in [1.82, 2.24) is 5.32 Å². The maximum Gasteiger partial charge on any atom is 0.407 e. The summed E-state index contributed by atoms with van der Waals surface area (Å²) in [5.41, 5.74) is -0.913. The Morgan fingerprint density at radius 1 is 1.35 bits per heavy atom. The molecule has 1 aromatic carbocycles. The first kappa shape index (κ1) is 18.5. The fourth-order valence-corrected chi connectivity index (χ4v) is 1.68. The fourth-order valence-electron chi connectivity index (χ4n) is 1.68. The summed E-state index contributed by atoms with van der Waals surface area (Å²) in [5.74, 6) is -1.72. The van der Waals surface area contributed by atoms with Crippen LogP contribution in [-0.2, 0) is 9.53 Å². The lowest BCUT2D eigenvalue weighted by molar-refractivity contribution is -0.132. The summed E-state index contributed by atoms with van der Waals surface area (Å²) in [7, 11) is 1.35. The van der Waals surface area contributed by atoms with E-state index in [2.05, 4.69) is 5.32 Å². The third kappa shape index (κ3) is 5.98. The van der Waals surface area contributed by atoms with Gasteiger partial charge in [-0.3, -0.25) is 0 Å². The predicted molar refractivity (Wildman–Crippen MR) is 82.8 cm³/mol. The third-order valence-electron chi connectivity index (χ3n) is 2.65. The monoisotopic (exact) mass is 325 g/mol. The van der Waals surface area contributed by atoms with Crippen LogP contribution >= 0.6 is 0 Å². The Bertz CT molecular complexity index is 619. The highest BCUT2D eigenvalue weighted by Gasteiger charge is 2.18. The molecule has 0 unspecified atom stereocenters. The molecule has 0 bridgehead atoms. The molecule has 0 saturated heterocycles. The maximum absolute atomic E-state index is 13.9. The molecule has 0 aromatic heterocycles. The highest BCUT2D eigenvalue weighted by atomic mass is 19.1. The van der Waals surface area contributed by atoms with Gasteiger partial charge < -0.3 is 19.9 Å². The van der Waals surface area contributed by atoms with Gasteiger partial charge in [0.15, 0.2) is 0 Å². The number of benzene rings is 1. The Morgan fingerprint density at radius 3 is 2.52 bits per heavy atom. The van der Waals surface area contributed by atoms with Crippen LogP contribution in [0, 0.1) is 5.82 Å². The largest absolute Gasteiger partial charge is 0.496 e. The van der Waals surface area contributed by atoms with Gasteiger partial charge in [0, 0.05) is 0 Å². The molecule has 0 aliphatic carbocycles. The lowest BCUT2D eigenvalue weighted by Gasteiger charge is -2.19. The molecule has 7 heteroatoms. The van der Waals surface area contributed by atoms with E-state index in [1.807, 2.05) is 0 Å². The minimum absolute atomic E-state index is 0.00149. The van der Waals surface area contributed by atoms with Gasteiger partial charge >= 0.3 is 12.1 Å². The van der Waals surface area contributed by atoms with Gasteiger partial charge in [-0.2, -0.15) is 0 Å². The molecule has 0 atom stereocenters. The molecular weight excluding hydrogens is 305 g/mol. The van der Waals surface area contributed by atoms with Crippen molar-refractivity contribution in [2.75, 3.05) is 13.7 Å². The van der Waals surface area contributed by atoms with E-state index >= 15 is 0 Å². The first-order valence-electron chi connectivity index (χ1n) is 6.87. The van der Waals surface area contributed by atoms with E-state index in [0.717, 1.165) is 6.08 Å². The standard InChI is InChI=1S/C16H20FNO5/c1-16(2,3)23-15(21)18-9-10(14(19)20)8-11-12(17)6-5-7-13(11)22-4/h5-8H,9H2,1-4H3,(H,18,21)(H,19,20). The molecule has 0 fully saturated rings. The number of halogens is 1. The normalized spacial score (nSPS) is 11.8. The van der Waals surface area contributed by atoms with E-state index in [0.29, 0.717) is 0 Å². The van der Waals surface area contributed by atoms with Crippen LogP contribution in [0.15, 0.2) is 23.8 Å². The van der Waals surface area contributed by atoms with Crippen LogP contribution in [0.1, 0.15) is 26.3 Å². The number of amides is 1. The fraction of sp³-hybridized carbons (Fsp3) is 0.375. The number of hydrogen-bond donors (Lipinski definition) is 2. The van der Waals surface area contributed by atoms with Crippen molar-refractivity contribution in [2.45, 2.75) is 26.4 Å². The molecule has 6 nitrogen and oxygen atoms in total. The molecule has 1 rings (SSSR count). The lowest BCUT2D eigenvalue weighted by Crippen LogP contribution is -2.34. The zero-order valence-corrected chi connectivity index (χ0v) is 13.5. The lowest BCUT2D eigenvalue weighted by atomic mass is 10.1. The van der Waals surface area contributed by atoms with Gasteiger partial charge in [-0.15, -0.1) is 0 Å². The molecule has 2 N–H and O–H groups in total. The molecule has 0 aliphatic rings. The van der Waals surface area contributed by atoms with Crippen LogP contribution in [0.25, 0.3) is 6.08 Å². The Morgan fingerprint density at radius 2 is 2.00 bits per heavy atom. The highest BCUT2D eigenvalue weighted by Crippen LogP contribution is 2.24. The number of carbonyl (C=O) groups is 2. The van der Waals surface area contributed by atoms with Crippen molar-refractivity contribution in [3.8, 4) is 5.75 Å². The molecule has 23 heavy (non-hydrogen) atoms. The summed E-state index contributed by atoms with van der Waals surface area (Å²) < 4.78 is 23.9. The van der Waals surface area contributed by atoms with Gasteiger partial charge in [-0.1, -0.05) is 6.07 Å². The van der Waals surface area contributed by atoms with E-state index in [-0.39, 0.29) is 23.4 Å². The van der Waals surface area contributed by atoms with Gasteiger partial charge in [0.1, 0.15) is 17.2 Å². The number of aliphatic carboxylic acids is 1. The van der Waals surface area contributed by atoms with Crippen LogP contribution in [0.4, 0.5) is 9.18 Å². The third-order valence-corrected chi connectivity index (χ3v) is 2.65. The van der Waals surface area contributed by atoms with Crippen LogP contribution in [-0.4, -0.2) is 36.4 Å². The van der Waals surface area contributed by atoms with E-state index < -0.39 is 23.5 Å². The van der Waals surface area contributed by atoms with Crippen molar-refractivity contribution in [1.29, 1.82) is 0 Å². The summed E-state index contributed by atoms with van der Waals surface area (Å²) in [6, 6.07) is 4.15. The quantitative estimate of drug-likeness (QED) is 0.813. The molecular formula is C16H20FNO5. The number of hydrogen-bond acceptors (Lipinski definition) is 4. The number of alkyl carbamates (subject to hydrolysis) is 1. The average molecular weight is 325 g/mol. The molecule has 0 spiro atoms. The van der Waals surface area contributed by atoms with Crippen molar-refractivity contribution in [2.24, 2.45) is 0 Å². The van der Waals surface area contributed by atoms with Gasteiger partial charge in [0.05, 0.1) is 24.8 Å². The number of ether oxygens (including phenoxy) is 2. The van der Waals surface area contributed by atoms with E-state index in [1.165, 1.54) is 25.3 Å². The van der Waals surface area contributed by atoms with E-state index in [1.54, 1.807) is 20.8 Å². The van der Waals surface area contributed by atoms with Crippen molar-refractivity contribution in [3.63, 3.8) is 0 Å². The number of nitrogens with one attached hydrogen (secondary N) is 1. The van der Waals surface area contributed by atoms with Gasteiger partial charge in [0.2, 0.25) is 0 Å². The maximum atomic E-state index is 13.9. The van der Waals surface area contributed by atoms with E-state index in [9.17, 15) is 19.1 Å². The van der Waals surface area contributed by atoms with Crippen molar-refractivity contribution >= 4 is 18.1 Å². The minimum atomic E-state index is -1.29. The topological polar surface area (TPSA) is 84.9 Å². The van der Waals surface area contributed by atoms with Crippen molar-refractivity contribution in [3.05, 3.63) is 35.2 Å². The second-order valence-corrected chi connectivity index (χ2v) is 5.69. The van der Waals surface area contributed by atoms with Crippen LogP contribution in [0.2, 0.25) is 0 Å².